The Morgan fingerprint density at radius 3 is 2.54 bits per heavy atom. The topological polar surface area (TPSA) is 23.6 Å². The van der Waals surface area contributed by atoms with Crippen molar-refractivity contribution < 1.29 is 4.79 Å². The van der Waals surface area contributed by atoms with E-state index in [1.54, 1.807) is 23.5 Å². The van der Waals surface area contributed by atoms with Crippen LogP contribution in [0.5, 0.6) is 0 Å². The average molecular weight is 357 g/mol. The molecule has 3 aromatic rings. The number of nitrogens with zero attached hydrogens (tertiary/aromatic N) is 2. The van der Waals surface area contributed by atoms with E-state index in [1.807, 2.05) is 17.0 Å². The van der Waals surface area contributed by atoms with Crippen molar-refractivity contribution in [1.29, 1.82) is 0 Å². The predicted octanol–water partition coefficient (Wildman–Crippen LogP) is 4.52. The van der Waals surface area contributed by atoms with Crippen molar-refractivity contribution in [2.75, 3.05) is 31.1 Å². The van der Waals surface area contributed by atoms with Crippen LogP contribution in [-0.2, 0) is 0 Å². The van der Waals surface area contributed by atoms with Crippen LogP contribution in [0, 0.1) is 0 Å². The van der Waals surface area contributed by atoms with Gasteiger partial charge in [-0.05, 0) is 35.7 Å². The SMILES string of the molecule is O=C(c1ccccc1Cl)N1CCN(c2cccc3sccc23)CC1. The van der Waals surface area contributed by atoms with Crippen molar-refractivity contribution in [3.8, 4) is 0 Å². The Morgan fingerprint density at radius 2 is 1.75 bits per heavy atom. The number of amides is 1. The summed E-state index contributed by atoms with van der Waals surface area (Å²) in [6.07, 6.45) is 0. The van der Waals surface area contributed by atoms with Crippen LogP contribution in [0.15, 0.2) is 53.9 Å². The number of rotatable bonds is 2. The minimum Gasteiger partial charge on any atom is -0.367 e. The summed E-state index contributed by atoms with van der Waals surface area (Å²) >= 11 is 7.92. The molecule has 0 aliphatic carbocycles. The van der Waals surface area contributed by atoms with E-state index < -0.39 is 0 Å². The molecule has 0 bridgehead atoms. The van der Waals surface area contributed by atoms with Crippen molar-refractivity contribution in [2.24, 2.45) is 0 Å². The molecule has 1 aliphatic rings. The lowest BCUT2D eigenvalue weighted by Gasteiger charge is -2.36. The fraction of sp³-hybridized carbons (Fsp3) is 0.211. The summed E-state index contributed by atoms with van der Waals surface area (Å²) in [5.41, 5.74) is 1.85. The molecule has 24 heavy (non-hydrogen) atoms. The highest BCUT2D eigenvalue weighted by atomic mass is 35.5. The van der Waals surface area contributed by atoms with Crippen molar-refractivity contribution in [2.45, 2.75) is 0 Å². The maximum absolute atomic E-state index is 12.7. The standard InChI is InChI=1S/C19H17ClN2OS/c20-16-5-2-1-4-14(16)19(23)22-11-9-21(10-12-22)17-6-3-7-18-15(17)8-13-24-18/h1-8,13H,9-12H2. The van der Waals surface area contributed by atoms with Crippen LogP contribution in [-0.4, -0.2) is 37.0 Å². The van der Waals surface area contributed by atoms with Crippen LogP contribution < -0.4 is 4.90 Å². The molecule has 3 nitrogen and oxygen atoms in total. The number of halogens is 1. The van der Waals surface area contributed by atoms with Crippen LogP contribution in [0.2, 0.25) is 5.02 Å². The van der Waals surface area contributed by atoms with Crippen LogP contribution >= 0.6 is 22.9 Å². The zero-order valence-electron chi connectivity index (χ0n) is 13.1. The zero-order chi connectivity index (χ0) is 16.5. The third kappa shape index (κ3) is 2.76. The molecule has 2 aromatic carbocycles. The Labute approximate surface area is 150 Å². The molecular weight excluding hydrogens is 340 g/mol. The minimum absolute atomic E-state index is 0.0222. The number of fused-ring (bicyclic) bond motifs is 1. The lowest BCUT2D eigenvalue weighted by molar-refractivity contribution is 0.0747. The number of carbonyl (C=O) groups excluding carboxylic acids is 1. The van der Waals surface area contributed by atoms with Gasteiger partial charge in [-0.25, -0.2) is 0 Å². The molecule has 0 unspecified atom stereocenters. The molecule has 0 atom stereocenters. The first kappa shape index (κ1) is 15.5. The summed E-state index contributed by atoms with van der Waals surface area (Å²) in [5, 5.41) is 3.95. The normalized spacial score (nSPS) is 15.0. The van der Waals surface area contributed by atoms with Crippen molar-refractivity contribution in [1.82, 2.24) is 4.90 Å². The molecule has 2 heterocycles. The Kier molecular flexibility index (Phi) is 4.17. The molecule has 0 radical (unpaired) electrons. The first-order valence-electron chi connectivity index (χ1n) is 7.99. The number of benzene rings is 2. The second kappa shape index (κ2) is 6.46. The van der Waals surface area contributed by atoms with Gasteiger partial charge in [-0.15, -0.1) is 11.3 Å². The van der Waals surface area contributed by atoms with Crippen molar-refractivity contribution in [3.05, 3.63) is 64.5 Å². The summed E-state index contributed by atoms with van der Waals surface area (Å²) < 4.78 is 1.31. The van der Waals surface area contributed by atoms with E-state index in [4.69, 9.17) is 11.6 Å². The fourth-order valence-corrected chi connectivity index (χ4v) is 4.23. The summed E-state index contributed by atoms with van der Waals surface area (Å²) in [7, 11) is 0. The lowest BCUT2D eigenvalue weighted by atomic mass is 10.1. The maximum atomic E-state index is 12.7. The Balaban J connectivity index is 1.50. The van der Waals surface area contributed by atoms with Gasteiger partial charge < -0.3 is 9.80 Å². The highest BCUT2D eigenvalue weighted by molar-refractivity contribution is 7.17. The number of hydrogen-bond donors (Lipinski definition) is 0. The maximum Gasteiger partial charge on any atom is 0.255 e. The van der Waals surface area contributed by atoms with Crippen LogP contribution in [0.3, 0.4) is 0 Å². The van der Waals surface area contributed by atoms with E-state index in [0.29, 0.717) is 23.7 Å². The molecule has 0 saturated carbocycles. The van der Waals surface area contributed by atoms with Gasteiger partial charge in [0.25, 0.3) is 5.91 Å². The van der Waals surface area contributed by atoms with Gasteiger partial charge in [0.1, 0.15) is 0 Å². The molecule has 1 aliphatic heterocycles. The average Bonchev–Trinajstić information content (AvgIpc) is 3.10. The lowest BCUT2D eigenvalue weighted by Crippen LogP contribution is -2.48. The molecule has 1 amide bonds. The smallest absolute Gasteiger partial charge is 0.255 e. The van der Waals surface area contributed by atoms with E-state index >= 15 is 0 Å². The minimum atomic E-state index is 0.0222. The number of hydrogen-bond acceptors (Lipinski definition) is 3. The van der Waals surface area contributed by atoms with Gasteiger partial charge in [0.05, 0.1) is 10.6 Å². The van der Waals surface area contributed by atoms with E-state index in [-0.39, 0.29) is 5.91 Å². The third-order valence-electron chi connectivity index (χ3n) is 4.48. The molecule has 4 rings (SSSR count). The highest BCUT2D eigenvalue weighted by Crippen LogP contribution is 2.31. The summed E-state index contributed by atoms with van der Waals surface area (Å²) in [6.45, 7) is 3.10. The number of piperazine rings is 1. The van der Waals surface area contributed by atoms with Crippen molar-refractivity contribution >= 4 is 44.6 Å². The van der Waals surface area contributed by atoms with E-state index in [2.05, 4.69) is 34.5 Å². The second-order valence-corrected chi connectivity index (χ2v) is 7.22. The van der Waals surface area contributed by atoms with Crippen LogP contribution in [0.25, 0.3) is 10.1 Å². The molecule has 0 N–H and O–H groups in total. The van der Waals surface area contributed by atoms with Gasteiger partial charge in [0.15, 0.2) is 0 Å². The highest BCUT2D eigenvalue weighted by Gasteiger charge is 2.24. The zero-order valence-corrected chi connectivity index (χ0v) is 14.7. The van der Waals surface area contributed by atoms with E-state index in [0.717, 1.165) is 13.1 Å². The quantitative estimate of drug-likeness (QED) is 0.674. The molecular formula is C19H17ClN2OS. The third-order valence-corrected chi connectivity index (χ3v) is 5.70. The molecule has 0 spiro atoms. The Morgan fingerprint density at radius 1 is 0.958 bits per heavy atom. The fourth-order valence-electron chi connectivity index (χ4n) is 3.21. The van der Waals surface area contributed by atoms with Gasteiger partial charge in [0.2, 0.25) is 0 Å². The summed E-state index contributed by atoms with van der Waals surface area (Å²) in [6, 6.07) is 15.9. The molecule has 1 fully saturated rings. The Hall–Kier alpha value is -2.04. The molecule has 5 heteroatoms. The number of thiophene rings is 1. The van der Waals surface area contributed by atoms with Gasteiger partial charge in [-0.1, -0.05) is 29.8 Å². The summed E-state index contributed by atoms with van der Waals surface area (Å²) in [4.78, 5) is 16.9. The van der Waals surface area contributed by atoms with Crippen LogP contribution in [0.4, 0.5) is 5.69 Å². The van der Waals surface area contributed by atoms with Crippen LogP contribution in [0.1, 0.15) is 10.4 Å². The van der Waals surface area contributed by atoms with E-state index in [1.165, 1.54) is 15.8 Å². The van der Waals surface area contributed by atoms with E-state index in [9.17, 15) is 4.79 Å². The first-order chi connectivity index (χ1) is 11.7. The Bertz CT molecular complexity index is 884. The van der Waals surface area contributed by atoms with Gasteiger partial charge in [0, 0.05) is 42.0 Å². The molecule has 122 valence electrons. The predicted molar refractivity (Wildman–Crippen MR) is 101 cm³/mol. The number of anilines is 1. The largest absolute Gasteiger partial charge is 0.367 e. The van der Waals surface area contributed by atoms with Gasteiger partial charge >= 0.3 is 0 Å². The van der Waals surface area contributed by atoms with Gasteiger partial charge in [-0.2, -0.15) is 0 Å². The second-order valence-electron chi connectivity index (χ2n) is 5.87. The number of carbonyl (C=O) groups is 1. The molecule has 1 saturated heterocycles. The monoisotopic (exact) mass is 356 g/mol. The summed E-state index contributed by atoms with van der Waals surface area (Å²) in [5.74, 6) is 0.0222. The first-order valence-corrected chi connectivity index (χ1v) is 9.25. The molecule has 1 aromatic heterocycles. The van der Waals surface area contributed by atoms with Gasteiger partial charge in [-0.3, -0.25) is 4.79 Å². The van der Waals surface area contributed by atoms with Crippen molar-refractivity contribution in [3.63, 3.8) is 0 Å².